The molecule has 1 atom stereocenters. The molecule has 1 aromatic heterocycles. The first-order valence-electron chi connectivity index (χ1n) is 8.30. The Morgan fingerprint density at radius 2 is 2.15 bits per heavy atom. The lowest BCUT2D eigenvalue weighted by Gasteiger charge is -2.12. The van der Waals surface area contributed by atoms with Gasteiger partial charge in [-0.25, -0.2) is 18.0 Å². The van der Waals surface area contributed by atoms with Crippen LogP contribution in [0.25, 0.3) is 11.0 Å². The molecule has 26 heavy (non-hydrogen) atoms. The van der Waals surface area contributed by atoms with Crippen LogP contribution in [0.1, 0.15) is 18.9 Å². The molecule has 1 fully saturated rings. The van der Waals surface area contributed by atoms with Crippen molar-refractivity contribution >= 4 is 32.6 Å². The Balaban J connectivity index is 1.80. The van der Waals surface area contributed by atoms with E-state index in [-0.39, 0.29) is 24.2 Å². The van der Waals surface area contributed by atoms with Crippen LogP contribution in [-0.4, -0.2) is 38.7 Å². The van der Waals surface area contributed by atoms with Gasteiger partial charge in [0.15, 0.2) is 9.84 Å². The van der Waals surface area contributed by atoms with Gasteiger partial charge in [0.05, 0.1) is 18.1 Å². The number of sulfone groups is 1. The summed E-state index contributed by atoms with van der Waals surface area (Å²) in [5, 5.41) is 6.46. The Bertz CT molecular complexity index is 982. The molecule has 2 N–H and O–H groups in total. The number of ether oxygens (including phenoxy) is 1. The van der Waals surface area contributed by atoms with Gasteiger partial charge in [-0.1, -0.05) is 0 Å². The van der Waals surface area contributed by atoms with E-state index < -0.39 is 21.6 Å². The van der Waals surface area contributed by atoms with Crippen LogP contribution in [0.15, 0.2) is 33.5 Å². The molecule has 1 aliphatic rings. The predicted molar refractivity (Wildman–Crippen MR) is 97.0 cm³/mol. The number of anilines is 1. The summed E-state index contributed by atoms with van der Waals surface area (Å²) < 4.78 is 33.1. The maximum Gasteiger partial charge on any atom is 0.411 e. The SMILES string of the molecule is CCOC(=O)Nc1ccc2c(CN[C@@H]3CCS(=O)(=O)C3)cc(=O)oc2c1. The highest BCUT2D eigenvalue weighted by Crippen LogP contribution is 2.22. The first kappa shape index (κ1) is 18.4. The molecule has 8 nitrogen and oxygen atoms in total. The van der Waals surface area contributed by atoms with Gasteiger partial charge in [-0.2, -0.15) is 0 Å². The predicted octanol–water partition coefficient (Wildman–Crippen LogP) is 1.64. The topological polar surface area (TPSA) is 115 Å². The van der Waals surface area contributed by atoms with Crippen LogP contribution in [0, 0.1) is 0 Å². The molecular formula is C17H20N2O6S. The smallest absolute Gasteiger partial charge is 0.411 e. The van der Waals surface area contributed by atoms with Crippen molar-refractivity contribution in [3.05, 3.63) is 40.2 Å². The number of hydrogen-bond acceptors (Lipinski definition) is 7. The van der Waals surface area contributed by atoms with Crippen molar-refractivity contribution in [3.63, 3.8) is 0 Å². The number of fused-ring (bicyclic) bond motifs is 1. The molecule has 0 saturated carbocycles. The summed E-state index contributed by atoms with van der Waals surface area (Å²) >= 11 is 0. The van der Waals surface area contributed by atoms with Crippen LogP contribution in [-0.2, 0) is 21.1 Å². The first-order chi connectivity index (χ1) is 12.4. The van der Waals surface area contributed by atoms with E-state index in [1.165, 1.54) is 6.07 Å². The van der Waals surface area contributed by atoms with Crippen LogP contribution in [0.3, 0.4) is 0 Å². The molecule has 1 aliphatic heterocycles. The minimum absolute atomic E-state index is 0.111. The fraction of sp³-hybridized carbons (Fsp3) is 0.412. The Morgan fingerprint density at radius 3 is 2.85 bits per heavy atom. The molecule has 140 valence electrons. The zero-order valence-electron chi connectivity index (χ0n) is 14.3. The molecule has 9 heteroatoms. The molecule has 0 spiro atoms. The van der Waals surface area contributed by atoms with E-state index in [2.05, 4.69) is 10.6 Å². The molecule has 3 rings (SSSR count). The highest BCUT2D eigenvalue weighted by atomic mass is 32.2. The lowest BCUT2D eigenvalue weighted by Crippen LogP contribution is -2.29. The molecule has 2 aromatic rings. The molecule has 0 bridgehead atoms. The van der Waals surface area contributed by atoms with Crippen LogP contribution < -0.4 is 16.3 Å². The first-order valence-corrected chi connectivity index (χ1v) is 10.1. The summed E-state index contributed by atoms with van der Waals surface area (Å²) in [5.74, 6) is 0.297. The third-order valence-corrected chi connectivity index (χ3v) is 5.93. The van der Waals surface area contributed by atoms with Gasteiger partial charge < -0.3 is 14.5 Å². The van der Waals surface area contributed by atoms with E-state index in [9.17, 15) is 18.0 Å². The second-order valence-corrected chi connectivity index (χ2v) is 8.36. The van der Waals surface area contributed by atoms with Crippen LogP contribution in [0.5, 0.6) is 0 Å². The molecule has 1 saturated heterocycles. The minimum atomic E-state index is -2.97. The highest BCUT2D eigenvalue weighted by molar-refractivity contribution is 7.91. The fourth-order valence-corrected chi connectivity index (χ4v) is 4.66. The van der Waals surface area contributed by atoms with Crippen molar-refractivity contribution in [1.29, 1.82) is 0 Å². The molecular weight excluding hydrogens is 360 g/mol. The number of nitrogens with one attached hydrogen (secondary N) is 2. The summed E-state index contributed by atoms with van der Waals surface area (Å²) in [6.45, 7) is 2.31. The Labute approximate surface area is 150 Å². The summed E-state index contributed by atoms with van der Waals surface area (Å²) in [7, 11) is -2.97. The lowest BCUT2D eigenvalue weighted by molar-refractivity contribution is 0.168. The van der Waals surface area contributed by atoms with Crippen molar-refractivity contribution in [3.8, 4) is 0 Å². The number of benzene rings is 1. The quantitative estimate of drug-likeness (QED) is 0.758. The van der Waals surface area contributed by atoms with Crippen molar-refractivity contribution in [2.24, 2.45) is 0 Å². The fourth-order valence-electron chi connectivity index (χ4n) is 2.95. The van der Waals surface area contributed by atoms with E-state index in [4.69, 9.17) is 9.15 Å². The highest BCUT2D eigenvalue weighted by Gasteiger charge is 2.27. The van der Waals surface area contributed by atoms with Crippen LogP contribution in [0.2, 0.25) is 0 Å². The molecule has 0 radical (unpaired) electrons. The zero-order chi connectivity index (χ0) is 18.7. The summed E-state index contributed by atoms with van der Waals surface area (Å²) in [4.78, 5) is 23.3. The molecule has 1 aromatic carbocycles. The molecule has 2 heterocycles. The average Bonchev–Trinajstić information content (AvgIpc) is 2.91. The van der Waals surface area contributed by atoms with Crippen molar-refractivity contribution in [2.75, 3.05) is 23.4 Å². The Kier molecular flexibility index (Phi) is 5.28. The van der Waals surface area contributed by atoms with Gasteiger partial charge >= 0.3 is 11.7 Å². The number of hydrogen-bond donors (Lipinski definition) is 2. The Morgan fingerprint density at radius 1 is 1.35 bits per heavy atom. The van der Waals surface area contributed by atoms with E-state index in [1.807, 2.05) is 0 Å². The van der Waals surface area contributed by atoms with Gasteiger partial charge in [0.25, 0.3) is 0 Å². The molecule has 0 unspecified atom stereocenters. The summed E-state index contributed by atoms with van der Waals surface area (Å²) in [6, 6.07) is 6.24. The summed E-state index contributed by atoms with van der Waals surface area (Å²) in [5.41, 5.74) is 0.985. The molecule has 0 aliphatic carbocycles. The van der Waals surface area contributed by atoms with Gasteiger partial charge in [-0.3, -0.25) is 5.32 Å². The maximum absolute atomic E-state index is 11.8. The van der Waals surface area contributed by atoms with Gasteiger partial charge in [-0.05, 0) is 31.0 Å². The Hall–Kier alpha value is -2.39. The number of rotatable bonds is 5. The largest absolute Gasteiger partial charge is 0.450 e. The lowest BCUT2D eigenvalue weighted by atomic mass is 10.1. The zero-order valence-corrected chi connectivity index (χ0v) is 15.1. The van der Waals surface area contributed by atoms with Gasteiger partial charge in [-0.15, -0.1) is 0 Å². The van der Waals surface area contributed by atoms with Crippen molar-refractivity contribution in [1.82, 2.24) is 5.32 Å². The second-order valence-electron chi connectivity index (χ2n) is 6.13. The van der Waals surface area contributed by atoms with Crippen molar-refractivity contribution in [2.45, 2.75) is 25.9 Å². The number of amides is 1. The van der Waals surface area contributed by atoms with Gasteiger partial charge in [0.1, 0.15) is 5.58 Å². The monoisotopic (exact) mass is 380 g/mol. The summed E-state index contributed by atoms with van der Waals surface area (Å²) in [6.07, 6.45) is -0.0237. The van der Waals surface area contributed by atoms with Gasteiger partial charge in [0, 0.05) is 35.8 Å². The van der Waals surface area contributed by atoms with Crippen LogP contribution >= 0.6 is 0 Å². The average molecular weight is 380 g/mol. The van der Waals surface area contributed by atoms with Crippen molar-refractivity contribution < 1.29 is 22.4 Å². The maximum atomic E-state index is 11.8. The standard InChI is InChI=1S/C17H20N2O6S/c1-2-24-17(21)19-12-3-4-14-11(7-16(20)25-15(14)8-12)9-18-13-5-6-26(22,23)10-13/h3-4,7-8,13,18H,2,5-6,9-10H2,1H3,(H,19,21)/t13-/m1/s1. The van der Waals surface area contributed by atoms with E-state index in [0.29, 0.717) is 35.2 Å². The minimum Gasteiger partial charge on any atom is -0.450 e. The van der Waals surface area contributed by atoms with Gasteiger partial charge in [0.2, 0.25) is 0 Å². The molecule has 1 amide bonds. The second kappa shape index (κ2) is 7.46. The third kappa shape index (κ3) is 4.41. The normalized spacial score (nSPS) is 18.7. The number of carbonyl (C=O) groups excluding carboxylic acids is 1. The third-order valence-electron chi connectivity index (χ3n) is 4.17. The van der Waals surface area contributed by atoms with E-state index in [0.717, 1.165) is 0 Å². The van der Waals surface area contributed by atoms with Crippen LogP contribution in [0.4, 0.5) is 10.5 Å². The van der Waals surface area contributed by atoms with E-state index in [1.54, 1.807) is 25.1 Å². The van der Waals surface area contributed by atoms with E-state index >= 15 is 0 Å². The number of carbonyl (C=O) groups is 1.